The fourth-order valence-corrected chi connectivity index (χ4v) is 2.74. The van der Waals surface area contributed by atoms with Crippen LogP contribution in [0.25, 0.3) is 0 Å². The average Bonchev–Trinajstić information content (AvgIpc) is 2.40. The van der Waals surface area contributed by atoms with Gasteiger partial charge < -0.3 is 25.4 Å². The summed E-state index contributed by atoms with van der Waals surface area (Å²) in [5, 5.41) is 9.07. The molecule has 0 heterocycles. The van der Waals surface area contributed by atoms with Crippen LogP contribution in [-0.4, -0.2) is 50.5 Å². The Bertz CT molecular complexity index is 708. The zero-order chi connectivity index (χ0) is 19.6. The van der Waals surface area contributed by atoms with Crippen molar-refractivity contribution in [2.45, 2.75) is 38.8 Å². The van der Waals surface area contributed by atoms with Gasteiger partial charge in [0.15, 0.2) is 0 Å². The van der Waals surface area contributed by atoms with Gasteiger partial charge in [0.05, 0.1) is 5.30 Å². The van der Waals surface area contributed by atoms with Gasteiger partial charge in [0, 0.05) is 19.2 Å². The fraction of sp³-hybridized carbons (Fsp3) is 0.467. The summed E-state index contributed by atoms with van der Waals surface area (Å²) < 4.78 is 16.4. The molecule has 1 amide bonds. The number of carbonyl (C=O) groups is 2. The number of carboxylic acids is 1. The lowest BCUT2D eigenvalue weighted by molar-refractivity contribution is -0.142. The third-order valence-electron chi connectivity index (χ3n) is 3.27. The molecule has 0 aliphatic carbocycles. The molecule has 9 nitrogen and oxygen atoms in total. The number of rotatable bonds is 5. The summed E-state index contributed by atoms with van der Waals surface area (Å²) in [6.07, 6.45) is -0.892. The Morgan fingerprint density at radius 1 is 1.32 bits per heavy atom. The number of hydrogen-bond donors (Lipinski definition) is 4. The van der Waals surface area contributed by atoms with Crippen LogP contribution in [0.15, 0.2) is 18.2 Å². The van der Waals surface area contributed by atoms with E-state index in [0.717, 1.165) is 11.0 Å². The molecule has 0 fully saturated rings. The van der Waals surface area contributed by atoms with Gasteiger partial charge in [-0.05, 0) is 38.5 Å². The Hall–Kier alpha value is -2.09. The number of carbonyl (C=O) groups excluding carboxylic acids is 1. The Kier molecular flexibility index (Phi) is 6.23. The van der Waals surface area contributed by atoms with Crippen LogP contribution in [0.2, 0.25) is 0 Å². The maximum atomic E-state index is 12.1. The average molecular weight is 374 g/mol. The van der Waals surface area contributed by atoms with E-state index in [1.54, 1.807) is 20.8 Å². The minimum atomic E-state index is -4.51. The number of benzene rings is 1. The third-order valence-corrected chi connectivity index (χ3v) is 4.30. The monoisotopic (exact) mass is 374 g/mol. The summed E-state index contributed by atoms with van der Waals surface area (Å²) in [5.74, 6) is -1.24. The number of nitrogens with two attached hydrogens (primary N) is 1. The second kappa shape index (κ2) is 7.43. The summed E-state index contributed by atoms with van der Waals surface area (Å²) in [5.41, 5.74) is 5.13. The summed E-state index contributed by atoms with van der Waals surface area (Å²) >= 11 is 0. The number of nitrogens with zero attached hydrogens (tertiary/aromatic N) is 1. The van der Waals surface area contributed by atoms with Gasteiger partial charge in [-0.2, -0.15) is 0 Å². The first-order valence-corrected chi connectivity index (χ1v) is 8.96. The van der Waals surface area contributed by atoms with E-state index in [2.05, 4.69) is 0 Å². The first-order valence-electron chi connectivity index (χ1n) is 7.35. The molecule has 1 aromatic rings. The third kappa shape index (κ3) is 6.04. The van der Waals surface area contributed by atoms with Crippen LogP contribution in [0.3, 0.4) is 0 Å². The summed E-state index contributed by atoms with van der Waals surface area (Å²) in [7, 11) is -3.21. The van der Waals surface area contributed by atoms with Gasteiger partial charge >= 0.3 is 19.7 Å². The molecule has 25 heavy (non-hydrogen) atoms. The topological polar surface area (TPSA) is 150 Å². The lowest BCUT2D eigenvalue weighted by Gasteiger charge is -2.28. The second-order valence-electron chi connectivity index (χ2n) is 6.59. The van der Waals surface area contributed by atoms with Crippen LogP contribution >= 0.6 is 7.60 Å². The summed E-state index contributed by atoms with van der Waals surface area (Å²) in [6, 6.07) is 2.57. The molecule has 1 atom stereocenters. The Morgan fingerprint density at radius 3 is 2.28 bits per heavy atom. The first-order chi connectivity index (χ1) is 11.2. The van der Waals surface area contributed by atoms with Crippen molar-refractivity contribution in [1.29, 1.82) is 0 Å². The number of aliphatic carboxylic acids is 1. The van der Waals surface area contributed by atoms with Crippen LogP contribution in [0, 0.1) is 0 Å². The van der Waals surface area contributed by atoms with E-state index >= 15 is 0 Å². The SMILES string of the molecule is CN(C(=O)OC(C)(C)C)C(Cc1ccc(P(=O)(O)O)c(N)c1)C(=O)O. The first kappa shape index (κ1) is 21.0. The fourth-order valence-electron chi connectivity index (χ4n) is 2.07. The highest BCUT2D eigenvalue weighted by molar-refractivity contribution is 7.60. The van der Waals surface area contributed by atoms with Crippen LogP contribution in [-0.2, 0) is 20.5 Å². The lowest BCUT2D eigenvalue weighted by atomic mass is 10.0. The normalized spacial score (nSPS) is 13.2. The number of ether oxygens (including phenoxy) is 1. The largest absolute Gasteiger partial charge is 0.480 e. The molecule has 1 rings (SSSR count). The highest BCUT2D eigenvalue weighted by atomic mass is 31.2. The molecule has 0 spiro atoms. The molecule has 10 heteroatoms. The number of carboxylic acid groups (broad SMARTS) is 1. The predicted octanol–water partition coefficient (Wildman–Crippen LogP) is 0.934. The Labute approximate surface area is 145 Å². The van der Waals surface area contributed by atoms with Crippen molar-refractivity contribution in [2.24, 2.45) is 0 Å². The van der Waals surface area contributed by atoms with E-state index in [9.17, 15) is 19.3 Å². The van der Waals surface area contributed by atoms with E-state index in [4.69, 9.17) is 20.3 Å². The predicted molar refractivity (Wildman–Crippen MR) is 91.7 cm³/mol. The lowest BCUT2D eigenvalue weighted by Crippen LogP contribution is -2.46. The maximum Gasteiger partial charge on any atom is 0.410 e. The summed E-state index contributed by atoms with van der Waals surface area (Å²) in [4.78, 5) is 42.9. The van der Waals surface area contributed by atoms with E-state index < -0.39 is 31.3 Å². The number of likely N-dealkylation sites (N-methyl/N-ethyl adjacent to an activating group) is 1. The molecule has 5 N–H and O–H groups in total. The van der Waals surface area contributed by atoms with E-state index in [1.165, 1.54) is 19.2 Å². The van der Waals surface area contributed by atoms with Crippen molar-refractivity contribution in [3.05, 3.63) is 23.8 Å². The molecule has 0 radical (unpaired) electrons. The molecule has 0 bridgehead atoms. The molecule has 1 unspecified atom stereocenters. The smallest absolute Gasteiger partial charge is 0.410 e. The zero-order valence-corrected chi connectivity index (χ0v) is 15.4. The van der Waals surface area contributed by atoms with Crippen LogP contribution in [0.1, 0.15) is 26.3 Å². The Balaban J connectivity index is 3.03. The van der Waals surface area contributed by atoms with Gasteiger partial charge in [0.1, 0.15) is 11.6 Å². The van der Waals surface area contributed by atoms with E-state index in [0.29, 0.717) is 5.56 Å². The molecule has 0 aromatic heterocycles. The molecule has 0 saturated heterocycles. The minimum Gasteiger partial charge on any atom is -0.480 e. The molecular formula is C15H23N2O7P. The van der Waals surface area contributed by atoms with Gasteiger partial charge in [-0.3, -0.25) is 9.46 Å². The van der Waals surface area contributed by atoms with Crippen LogP contribution in [0.5, 0.6) is 0 Å². The second-order valence-corrected chi connectivity index (χ2v) is 8.16. The molecule has 0 aliphatic rings. The van der Waals surface area contributed by atoms with Crippen molar-refractivity contribution in [1.82, 2.24) is 4.90 Å². The van der Waals surface area contributed by atoms with E-state index in [1.807, 2.05) is 0 Å². The minimum absolute atomic E-state index is 0.100. The van der Waals surface area contributed by atoms with Gasteiger partial charge in [0.2, 0.25) is 0 Å². The van der Waals surface area contributed by atoms with Crippen molar-refractivity contribution >= 4 is 30.7 Å². The molecular weight excluding hydrogens is 351 g/mol. The maximum absolute atomic E-state index is 12.1. The van der Waals surface area contributed by atoms with Crippen LogP contribution < -0.4 is 11.0 Å². The zero-order valence-electron chi connectivity index (χ0n) is 14.5. The molecule has 1 aromatic carbocycles. The summed E-state index contributed by atoms with van der Waals surface area (Å²) in [6.45, 7) is 4.99. The van der Waals surface area contributed by atoms with Crippen molar-refractivity contribution in [3.63, 3.8) is 0 Å². The number of hydrogen-bond acceptors (Lipinski definition) is 5. The van der Waals surface area contributed by atoms with Gasteiger partial charge in [-0.25, -0.2) is 9.59 Å². The number of nitrogen functional groups attached to an aromatic ring is 1. The van der Waals surface area contributed by atoms with Gasteiger partial charge in [-0.1, -0.05) is 6.07 Å². The van der Waals surface area contributed by atoms with E-state index in [-0.39, 0.29) is 17.4 Å². The highest BCUT2D eigenvalue weighted by Crippen LogP contribution is 2.35. The van der Waals surface area contributed by atoms with Gasteiger partial charge in [-0.15, -0.1) is 0 Å². The highest BCUT2D eigenvalue weighted by Gasteiger charge is 2.30. The number of anilines is 1. The van der Waals surface area contributed by atoms with Crippen LogP contribution in [0.4, 0.5) is 10.5 Å². The quantitative estimate of drug-likeness (QED) is 0.439. The van der Waals surface area contributed by atoms with Crippen molar-refractivity contribution < 1.29 is 33.8 Å². The van der Waals surface area contributed by atoms with Gasteiger partial charge in [0.25, 0.3) is 0 Å². The van der Waals surface area contributed by atoms with Crippen molar-refractivity contribution in [2.75, 3.05) is 12.8 Å². The molecule has 140 valence electrons. The Morgan fingerprint density at radius 2 is 1.88 bits per heavy atom. The van der Waals surface area contributed by atoms with Crippen molar-refractivity contribution in [3.8, 4) is 0 Å². The number of amides is 1. The molecule has 0 saturated carbocycles. The molecule has 0 aliphatic heterocycles. The standard InChI is InChI=1S/C15H23N2O7P/c1-15(2,3)24-14(20)17(4)11(13(18)19)8-9-5-6-12(10(16)7-9)25(21,22)23/h5-7,11H,8,16H2,1-4H3,(H,18,19)(H2,21,22,23).